The largest absolute Gasteiger partial charge is 0.573 e. The molecule has 114 valence electrons. The van der Waals surface area contributed by atoms with Gasteiger partial charge in [0.1, 0.15) is 5.75 Å². The average Bonchev–Trinajstić information content (AvgIpc) is 2.27. The van der Waals surface area contributed by atoms with E-state index in [9.17, 15) is 26.3 Å². The van der Waals surface area contributed by atoms with E-state index >= 15 is 0 Å². The van der Waals surface area contributed by atoms with Crippen LogP contribution in [0.1, 0.15) is 12.0 Å². The van der Waals surface area contributed by atoms with Crippen molar-refractivity contribution in [2.45, 2.75) is 31.4 Å². The van der Waals surface area contributed by atoms with Crippen molar-refractivity contribution in [3.8, 4) is 5.75 Å². The number of alkyl halides is 6. The Balaban J connectivity index is 2.64. The molecule has 1 aromatic rings. The first-order valence-corrected chi connectivity index (χ1v) is 5.46. The lowest BCUT2D eigenvalue weighted by Gasteiger charge is -2.18. The summed E-state index contributed by atoms with van der Waals surface area (Å²) < 4.78 is 76.0. The number of hydrazine groups is 1. The lowest BCUT2D eigenvalue weighted by atomic mass is 10.0. The van der Waals surface area contributed by atoms with Crippen molar-refractivity contribution in [2.75, 3.05) is 0 Å². The maximum atomic E-state index is 12.2. The van der Waals surface area contributed by atoms with Gasteiger partial charge in [-0.2, -0.15) is 13.2 Å². The van der Waals surface area contributed by atoms with Crippen molar-refractivity contribution in [2.24, 2.45) is 5.84 Å². The van der Waals surface area contributed by atoms with Gasteiger partial charge in [0.15, 0.2) is 0 Å². The third-order valence-electron chi connectivity index (χ3n) is 2.35. The molecule has 0 fully saturated rings. The highest BCUT2D eigenvalue weighted by Crippen LogP contribution is 2.25. The molecule has 0 aliphatic carbocycles. The smallest absolute Gasteiger partial charge is 0.406 e. The number of benzene rings is 1. The van der Waals surface area contributed by atoms with Crippen LogP contribution in [0.4, 0.5) is 26.3 Å². The summed E-state index contributed by atoms with van der Waals surface area (Å²) >= 11 is 0. The first-order valence-electron chi connectivity index (χ1n) is 5.46. The third-order valence-corrected chi connectivity index (χ3v) is 2.35. The van der Waals surface area contributed by atoms with E-state index in [-0.39, 0.29) is 6.42 Å². The first-order chi connectivity index (χ1) is 9.09. The monoisotopic (exact) mass is 302 g/mol. The summed E-state index contributed by atoms with van der Waals surface area (Å²) in [5, 5.41) is 0. The quantitative estimate of drug-likeness (QED) is 0.499. The zero-order valence-corrected chi connectivity index (χ0v) is 10.1. The molecule has 0 aromatic heterocycles. The Morgan fingerprint density at radius 1 is 1.05 bits per heavy atom. The number of ether oxygens (including phenoxy) is 1. The van der Waals surface area contributed by atoms with Gasteiger partial charge < -0.3 is 4.74 Å². The Kier molecular flexibility index (Phi) is 5.23. The Bertz CT molecular complexity index is 414. The third kappa shape index (κ3) is 6.62. The topological polar surface area (TPSA) is 47.3 Å². The predicted molar refractivity (Wildman–Crippen MR) is 58.6 cm³/mol. The summed E-state index contributed by atoms with van der Waals surface area (Å²) in [7, 11) is 0. The lowest BCUT2D eigenvalue weighted by molar-refractivity contribution is -0.274. The van der Waals surface area contributed by atoms with E-state index in [2.05, 4.69) is 4.74 Å². The number of nitrogens with two attached hydrogens (primary N) is 1. The van der Waals surface area contributed by atoms with E-state index in [1.807, 2.05) is 5.43 Å². The van der Waals surface area contributed by atoms with Gasteiger partial charge in [-0.25, -0.2) is 0 Å². The number of halogens is 6. The second-order valence-corrected chi connectivity index (χ2v) is 4.08. The molecule has 3 N–H and O–H groups in total. The van der Waals surface area contributed by atoms with Gasteiger partial charge in [0.2, 0.25) is 0 Å². The summed E-state index contributed by atoms with van der Waals surface area (Å²) in [6, 6.07) is 3.52. The van der Waals surface area contributed by atoms with Gasteiger partial charge in [0.05, 0.1) is 6.42 Å². The second kappa shape index (κ2) is 6.31. The molecule has 20 heavy (non-hydrogen) atoms. The van der Waals surface area contributed by atoms with Gasteiger partial charge in [-0.1, -0.05) is 12.1 Å². The molecule has 0 amide bonds. The molecule has 0 heterocycles. The second-order valence-electron chi connectivity index (χ2n) is 4.08. The zero-order chi connectivity index (χ0) is 15.4. The van der Waals surface area contributed by atoms with Crippen LogP contribution in [0, 0.1) is 0 Å². The molecule has 0 saturated heterocycles. The minimum Gasteiger partial charge on any atom is -0.406 e. The van der Waals surface area contributed by atoms with E-state index in [4.69, 9.17) is 5.84 Å². The fourth-order valence-electron chi connectivity index (χ4n) is 1.58. The molecule has 0 radical (unpaired) electrons. The summed E-state index contributed by atoms with van der Waals surface area (Å²) in [5.41, 5.74) is 2.44. The Labute approximate surface area is 110 Å². The van der Waals surface area contributed by atoms with Crippen molar-refractivity contribution >= 4 is 0 Å². The Hall–Kier alpha value is -1.48. The minimum atomic E-state index is -4.81. The molecule has 0 aliphatic heterocycles. The van der Waals surface area contributed by atoms with E-state index in [0.29, 0.717) is 5.56 Å². The van der Waals surface area contributed by atoms with Gasteiger partial charge >= 0.3 is 12.5 Å². The predicted octanol–water partition coefficient (Wildman–Crippen LogP) is 2.91. The summed E-state index contributed by atoms with van der Waals surface area (Å²) in [4.78, 5) is 0. The highest BCUT2D eigenvalue weighted by Gasteiger charge is 2.32. The van der Waals surface area contributed by atoms with Crippen molar-refractivity contribution in [3.05, 3.63) is 29.8 Å². The van der Waals surface area contributed by atoms with Crippen LogP contribution < -0.4 is 16.0 Å². The Morgan fingerprint density at radius 2 is 1.60 bits per heavy atom. The molecule has 1 atom stereocenters. The average molecular weight is 302 g/mol. The lowest BCUT2D eigenvalue weighted by Crippen LogP contribution is -2.40. The van der Waals surface area contributed by atoms with Crippen LogP contribution in [0.2, 0.25) is 0 Å². The van der Waals surface area contributed by atoms with Crippen LogP contribution in [-0.2, 0) is 6.42 Å². The highest BCUT2D eigenvalue weighted by molar-refractivity contribution is 5.28. The summed E-state index contributed by atoms with van der Waals surface area (Å²) in [6.07, 6.45) is -10.4. The zero-order valence-electron chi connectivity index (χ0n) is 10.1. The van der Waals surface area contributed by atoms with Crippen LogP contribution >= 0.6 is 0 Å². The van der Waals surface area contributed by atoms with Crippen LogP contribution in [0.3, 0.4) is 0 Å². The van der Waals surface area contributed by atoms with E-state index in [1.165, 1.54) is 12.1 Å². The van der Waals surface area contributed by atoms with Crippen molar-refractivity contribution in [3.63, 3.8) is 0 Å². The molecule has 1 rings (SSSR count). The molecule has 0 spiro atoms. The number of hydrogen-bond donors (Lipinski definition) is 2. The number of nitrogens with one attached hydrogen (secondary N) is 1. The van der Waals surface area contributed by atoms with Crippen molar-refractivity contribution in [1.82, 2.24) is 5.43 Å². The summed E-state index contributed by atoms with van der Waals surface area (Å²) in [6.45, 7) is 0. The van der Waals surface area contributed by atoms with Crippen LogP contribution in [0.15, 0.2) is 24.3 Å². The number of rotatable bonds is 5. The van der Waals surface area contributed by atoms with Gasteiger partial charge in [-0.3, -0.25) is 11.3 Å². The van der Waals surface area contributed by atoms with Gasteiger partial charge in [0.25, 0.3) is 0 Å². The standard InChI is InChI=1S/C11H12F6N2O/c12-10(13,14)6-8(19-18)5-7-1-3-9(4-2-7)20-11(15,16)17/h1-4,8,19H,5-6,18H2. The van der Waals surface area contributed by atoms with Crippen molar-refractivity contribution in [1.29, 1.82) is 0 Å². The van der Waals surface area contributed by atoms with E-state index in [1.54, 1.807) is 0 Å². The highest BCUT2D eigenvalue weighted by atomic mass is 19.4. The molecule has 0 saturated carbocycles. The van der Waals surface area contributed by atoms with Gasteiger partial charge in [0, 0.05) is 6.04 Å². The maximum Gasteiger partial charge on any atom is 0.573 e. The number of hydrogen-bond acceptors (Lipinski definition) is 3. The van der Waals surface area contributed by atoms with Crippen LogP contribution in [0.5, 0.6) is 5.75 Å². The first kappa shape index (κ1) is 16.6. The minimum absolute atomic E-state index is 0.0672. The molecular weight excluding hydrogens is 290 g/mol. The molecule has 9 heteroatoms. The maximum absolute atomic E-state index is 12.2. The van der Waals surface area contributed by atoms with Crippen molar-refractivity contribution < 1.29 is 31.1 Å². The molecule has 0 bridgehead atoms. The summed E-state index contributed by atoms with van der Waals surface area (Å²) in [5.74, 6) is 4.58. The van der Waals surface area contributed by atoms with Crippen LogP contribution in [-0.4, -0.2) is 18.6 Å². The fraction of sp³-hybridized carbons (Fsp3) is 0.455. The molecule has 0 aliphatic rings. The Morgan fingerprint density at radius 3 is 2.00 bits per heavy atom. The normalized spacial score (nSPS) is 14.2. The van der Waals surface area contributed by atoms with Crippen LogP contribution in [0.25, 0.3) is 0 Å². The SMILES string of the molecule is NNC(Cc1ccc(OC(F)(F)F)cc1)CC(F)(F)F. The fourth-order valence-corrected chi connectivity index (χ4v) is 1.58. The molecule has 1 unspecified atom stereocenters. The van der Waals surface area contributed by atoms with E-state index in [0.717, 1.165) is 12.1 Å². The molecular formula is C11H12F6N2O. The molecule has 1 aromatic carbocycles. The molecule has 3 nitrogen and oxygen atoms in total. The van der Waals surface area contributed by atoms with Gasteiger partial charge in [-0.05, 0) is 24.1 Å². The van der Waals surface area contributed by atoms with E-state index < -0.39 is 30.8 Å². The van der Waals surface area contributed by atoms with Gasteiger partial charge in [-0.15, -0.1) is 13.2 Å².